The molecule has 0 atom stereocenters. The van der Waals surface area contributed by atoms with Gasteiger partial charge in [0.05, 0.1) is 16.3 Å². The van der Waals surface area contributed by atoms with Crippen molar-refractivity contribution in [1.82, 2.24) is 4.98 Å². The predicted octanol–water partition coefficient (Wildman–Crippen LogP) is 3.11. The van der Waals surface area contributed by atoms with Crippen LogP contribution in [0.5, 0.6) is 0 Å². The van der Waals surface area contributed by atoms with Gasteiger partial charge in [-0.2, -0.15) is 0 Å². The van der Waals surface area contributed by atoms with Crippen LogP contribution in [0, 0.1) is 11.6 Å². The minimum Gasteiger partial charge on any atom is -0.481 e. The minimum atomic E-state index is -0.913. The second-order valence-electron chi connectivity index (χ2n) is 3.64. The normalized spacial score (nSPS) is 10.6. The van der Waals surface area contributed by atoms with Gasteiger partial charge in [0.2, 0.25) is 0 Å². The molecule has 0 bridgehead atoms. The van der Waals surface area contributed by atoms with Crippen molar-refractivity contribution in [3.05, 3.63) is 41.0 Å². The molecular weight excluding hydrogens is 260 g/mol. The summed E-state index contributed by atoms with van der Waals surface area (Å²) in [7, 11) is 0. The summed E-state index contributed by atoms with van der Waals surface area (Å²) in [5, 5.41) is 9.14. The number of carbonyl (C=O) groups is 1. The molecule has 0 aliphatic rings. The van der Waals surface area contributed by atoms with Crippen LogP contribution in [0.1, 0.15) is 11.4 Å². The summed E-state index contributed by atoms with van der Waals surface area (Å²) >= 11 is 1.17. The first-order chi connectivity index (χ1) is 8.56. The molecule has 0 unspecified atom stereocenters. The van der Waals surface area contributed by atoms with E-state index in [1.54, 1.807) is 0 Å². The van der Waals surface area contributed by atoms with Gasteiger partial charge in [-0.25, -0.2) is 13.8 Å². The molecule has 0 aliphatic heterocycles. The second kappa shape index (κ2) is 5.22. The highest BCUT2D eigenvalue weighted by molar-refractivity contribution is 7.15. The maximum atomic E-state index is 13.5. The van der Waals surface area contributed by atoms with Crippen molar-refractivity contribution < 1.29 is 18.7 Å². The van der Waals surface area contributed by atoms with Gasteiger partial charge in [-0.05, 0) is 18.2 Å². The molecule has 6 heteroatoms. The van der Waals surface area contributed by atoms with Gasteiger partial charge in [-0.15, -0.1) is 11.3 Å². The zero-order valence-electron chi connectivity index (χ0n) is 9.19. The Bertz CT molecular complexity index is 583. The molecule has 0 radical (unpaired) electrons. The van der Waals surface area contributed by atoms with Gasteiger partial charge in [0, 0.05) is 18.2 Å². The fourth-order valence-corrected chi connectivity index (χ4v) is 2.39. The number of hydrogen-bond acceptors (Lipinski definition) is 3. The molecular formula is C12H9F2NO2S. The van der Waals surface area contributed by atoms with E-state index in [-0.39, 0.29) is 18.4 Å². The zero-order chi connectivity index (χ0) is 13.1. The number of aromatic nitrogens is 1. The number of halogens is 2. The number of nitrogens with zero attached hydrogens (tertiary/aromatic N) is 1. The molecule has 2 rings (SSSR count). The number of rotatable bonds is 4. The molecule has 94 valence electrons. The van der Waals surface area contributed by atoms with Crippen molar-refractivity contribution in [2.24, 2.45) is 0 Å². The molecule has 1 heterocycles. The fourth-order valence-electron chi connectivity index (χ4n) is 1.45. The van der Waals surface area contributed by atoms with E-state index >= 15 is 0 Å². The predicted molar refractivity (Wildman–Crippen MR) is 63.4 cm³/mol. The van der Waals surface area contributed by atoms with Crippen molar-refractivity contribution in [3.8, 4) is 10.4 Å². The third-order valence-corrected chi connectivity index (χ3v) is 3.39. The first-order valence-electron chi connectivity index (χ1n) is 5.18. The Balaban J connectivity index is 2.23. The summed E-state index contributed by atoms with van der Waals surface area (Å²) < 4.78 is 26.5. The number of carboxylic acid groups (broad SMARTS) is 1. The number of hydrogen-bond donors (Lipinski definition) is 1. The van der Waals surface area contributed by atoms with Crippen LogP contribution in [0.25, 0.3) is 10.4 Å². The average molecular weight is 269 g/mol. The first-order valence-corrected chi connectivity index (χ1v) is 6.00. The summed E-state index contributed by atoms with van der Waals surface area (Å²) in [4.78, 5) is 14.9. The van der Waals surface area contributed by atoms with Crippen LogP contribution in [0.2, 0.25) is 0 Å². The van der Waals surface area contributed by atoms with Crippen LogP contribution in [-0.4, -0.2) is 16.1 Å². The summed E-state index contributed by atoms with van der Waals surface area (Å²) in [6, 6.07) is 3.20. The monoisotopic (exact) mass is 269 g/mol. The van der Waals surface area contributed by atoms with E-state index in [9.17, 15) is 13.6 Å². The molecule has 0 amide bonds. The van der Waals surface area contributed by atoms with Gasteiger partial charge in [0.15, 0.2) is 0 Å². The molecule has 3 nitrogen and oxygen atoms in total. The largest absolute Gasteiger partial charge is 0.481 e. The quantitative estimate of drug-likeness (QED) is 0.927. The van der Waals surface area contributed by atoms with Crippen LogP contribution in [-0.2, 0) is 11.2 Å². The van der Waals surface area contributed by atoms with E-state index in [1.165, 1.54) is 17.5 Å². The molecule has 1 aromatic heterocycles. The van der Waals surface area contributed by atoms with Gasteiger partial charge < -0.3 is 5.11 Å². The zero-order valence-corrected chi connectivity index (χ0v) is 10.0. The maximum Gasteiger partial charge on any atom is 0.303 e. The Morgan fingerprint density at radius 3 is 2.89 bits per heavy atom. The summed E-state index contributed by atoms with van der Waals surface area (Å²) in [6.07, 6.45) is 1.69. The molecule has 0 saturated heterocycles. The third kappa shape index (κ3) is 2.89. The topological polar surface area (TPSA) is 50.2 Å². The Morgan fingerprint density at radius 1 is 1.39 bits per heavy atom. The first kappa shape index (κ1) is 12.6. The molecule has 0 spiro atoms. The van der Waals surface area contributed by atoms with E-state index in [0.717, 1.165) is 18.2 Å². The third-order valence-electron chi connectivity index (χ3n) is 2.30. The van der Waals surface area contributed by atoms with Crippen molar-refractivity contribution in [3.63, 3.8) is 0 Å². The van der Waals surface area contributed by atoms with E-state index < -0.39 is 17.6 Å². The van der Waals surface area contributed by atoms with Crippen molar-refractivity contribution >= 4 is 17.3 Å². The smallest absolute Gasteiger partial charge is 0.303 e. The standard InChI is InChI=1S/C12H9F2NO2S/c13-7-1-2-9(14)8(5-7)10-6-15-11(18-10)3-4-12(16)17/h1-2,5-6H,3-4H2,(H,16,17). The van der Waals surface area contributed by atoms with Crippen LogP contribution in [0.4, 0.5) is 8.78 Å². The summed E-state index contributed by atoms with van der Waals surface area (Å²) in [5.41, 5.74) is 0.147. The Kier molecular flexibility index (Phi) is 3.66. The molecule has 1 N–H and O–H groups in total. The number of thiazole rings is 1. The van der Waals surface area contributed by atoms with Crippen molar-refractivity contribution in [1.29, 1.82) is 0 Å². The van der Waals surface area contributed by atoms with Gasteiger partial charge in [0.25, 0.3) is 0 Å². The molecule has 18 heavy (non-hydrogen) atoms. The van der Waals surface area contributed by atoms with Crippen LogP contribution in [0.3, 0.4) is 0 Å². The minimum absolute atomic E-state index is 0.0292. The SMILES string of the molecule is O=C(O)CCc1ncc(-c2cc(F)ccc2F)s1. The van der Waals surface area contributed by atoms with Gasteiger partial charge in [-0.1, -0.05) is 0 Å². The highest BCUT2D eigenvalue weighted by atomic mass is 32.1. The molecule has 0 saturated carbocycles. The van der Waals surface area contributed by atoms with E-state index in [4.69, 9.17) is 5.11 Å². The van der Waals surface area contributed by atoms with E-state index in [2.05, 4.69) is 4.98 Å². The van der Waals surface area contributed by atoms with Gasteiger partial charge in [0.1, 0.15) is 11.6 Å². The van der Waals surface area contributed by atoms with Crippen LogP contribution < -0.4 is 0 Å². The fraction of sp³-hybridized carbons (Fsp3) is 0.167. The number of aryl methyl sites for hydroxylation is 1. The highest BCUT2D eigenvalue weighted by Crippen LogP contribution is 2.29. The highest BCUT2D eigenvalue weighted by Gasteiger charge is 2.11. The lowest BCUT2D eigenvalue weighted by atomic mass is 10.2. The van der Waals surface area contributed by atoms with E-state index in [1.807, 2.05) is 0 Å². The average Bonchev–Trinajstić information content (AvgIpc) is 2.78. The number of aliphatic carboxylic acids is 1. The Morgan fingerprint density at radius 2 is 2.17 bits per heavy atom. The molecule has 0 aliphatic carbocycles. The summed E-state index contributed by atoms with van der Waals surface area (Å²) in [5.74, 6) is -1.96. The van der Waals surface area contributed by atoms with Gasteiger partial charge in [-0.3, -0.25) is 4.79 Å². The lowest BCUT2D eigenvalue weighted by Crippen LogP contribution is -1.96. The van der Waals surface area contributed by atoms with Gasteiger partial charge >= 0.3 is 5.97 Å². The molecule has 2 aromatic rings. The van der Waals surface area contributed by atoms with Crippen LogP contribution >= 0.6 is 11.3 Å². The number of carboxylic acids is 1. The van der Waals surface area contributed by atoms with Crippen LogP contribution in [0.15, 0.2) is 24.4 Å². The Hall–Kier alpha value is -1.82. The maximum absolute atomic E-state index is 13.5. The van der Waals surface area contributed by atoms with Crippen molar-refractivity contribution in [2.45, 2.75) is 12.8 Å². The van der Waals surface area contributed by atoms with E-state index in [0.29, 0.717) is 9.88 Å². The molecule has 0 fully saturated rings. The second-order valence-corrected chi connectivity index (χ2v) is 4.75. The van der Waals surface area contributed by atoms with Crippen molar-refractivity contribution in [2.75, 3.05) is 0 Å². The summed E-state index contributed by atoms with van der Waals surface area (Å²) in [6.45, 7) is 0. The molecule has 1 aromatic carbocycles. The lowest BCUT2D eigenvalue weighted by molar-refractivity contribution is -0.136. The number of benzene rings is 1. The lowest BCUT2D eigenvalue weighted by Gasteiger charge is -1.98. The Labute approximate surface area is 106 Å².